The number of rotatable bonds is 8. The van der Waals surface area contributed by atoms with Crippen molar-refractivity contribution in [1.29, 1.82) is 0 Å². The van der Waals surface area contributed by atoms with Crippen LogP contribution in [0, 0.1) is 17.3 Å². The van der Waals surface area contributed by atoms with Gasteiger partial charge in [0.05, 0.1) is 6.61 Å². The number of carbonyl (C=O) groups excluding carboxylic acids is 5. The first-order chi connectivity index (χ1) is 14.2. The van der Waals surface area contributed by atoms with E-state index in [1.165, 1.54) is 0 Å². The lowest BCUT2D eigenvalue weighted by molar-refractivity contribution is -0.156. The van der Waals surface area contributed by atoms with Crippen LogP contribution in [0.4, 0.5) is 4.79 Å². The molecule has 11 heteroatoms. The summed E-state index contributed by atoms with van der Waals surface area (Å²) in [7, 11) is 0. The van der Waals surface area contributed by atoms with Crippen LogP contribution in [-0.2, 0) is 28.8 Å². The molecule has 1 saturated heterocycles. The summed E-state index contributed by atoms with van der Waals surface area (Å²) in [6, 6.07) is -3.09. The summed E-state index contributed by atoms with van der Waals surface area (Å²) < 4.78 is 5.16. The number of alkyl carbamates (subject to hydrolysis) is 1. The molecule has 176 valence electrons. The number of Topliss-reactive ketones (excluding diaryl/α,β-unsaturated/α-hetero) is 1. The van der Waals surface area contributed by atoms with E-state index < -0.39 is 47.7 Å². The fraction of sp³-hybridized carbons (Fsp3) is 0.750. The van der Waals surface area contributed by atoms with Crippen molar-refractivity contribution in [3.05, 3.63) is 0 Å². The highest BCUT2D eigenvalue weighted by atomic mass is 16.7. The van der Waals surface area contributed by atoms with Crippen molar-refractivity contribution in [2.75, 3.05) is 13.2 Å². The molecule has 3 atom stereocenters. The van der Waals surface area contributed by atoms with Crippen LogP contribution < -0.4 is 21.4 Å². The third-order valence-corrected chi connectivity index (χ3v) is 4.38. The highest BCUT2D eigenvalue weighted by Crippen LogP contribution is 2.13. The summed E-state index contributed by atoms with van der Waals surface area (Å²) in [5.41, 5.74) is 1.69. The number of hydrogen-bond acceptors (Lipinski definition) is 7. The molecule has 0 aromatic heterocycles. The quantitative estimate of drug-likeness (QED) is 0.387. The molecular formula is C20H34N4O7. The van der Waals surface area contributed by atoms with Gasteiger partial charge in [-0.15, -0.1) is 0 Å². The highest BCUT2D eigenvalue weighted by molar-refractivity contribution is 6.38. The number of hydroxylamine groups is 1. The molecule has 0 aliphatic carbocycles. The standard InChI is InChI=1S/C20H34N4O7/c1-10(2)13(16(26)21-12-8-31-24-18(28)15(12)25)22-17(27)14(11(3)4)23-19(29)30-9-20(5,6)7/h10-14H,8-9H2,1-7H3,(H,21,26)(H,22,27)(H,23,29)(H,24,28). The summed E-state index contributed by atoms with van der Waals surface area (Å²) in [6.45, 7) is 12.6. The predicted molar refractivity (Wildman–Crippen MR) is 110 cm³/mol. The monoisotopic (exact) mass is 442 g/mol. The minimum Gasteiger partial charge on any atom is -0.449 e. The average molecular weight is 443 g/mol. The third-order valence-electron chi connectivity index (χ3n) is 4.38. The molecule has 0 radical (unpaired) electrons. The van der Waals surface area contributed by atoms with E-state index in [0.717, 1.165) is 0 Å². The highest BCUT2D eigenvalue weighted by Gasteiger charge is 2.36. The van der Waals surface area contributed by atoms with Gasteiger partial charge in [0.2, 0.25) is 17.6 Å². The normalized spacial score (nSPS) is 18.8. The molecule has 0 aromatic rings. The summed E-state index contributed by atoms with van der Waals surface area (Å²) in [5, 5.41) is 7.58. The molecule has 4 amide bonds. The molecule has 0 aromatic carbocycles. The third kappa shape index (κ3) is 8.52. The number of ketones is 1. The molecule has 1 aliphatic heterocycles. The minimum absolute atomic E-state index is 0.174. The number of hydrogen-bond donors (Lipinski definition) is 4. The predicted octanol–water partition coefficient (Wildman–Crippen LogP) is 0.0394. The molecule has 1 aliphatic rings. The van der Waals surface area contributed by atoms with E-state index in [9.17, 15) is 24.0 Å². The summed E-state index contributed by atoms with van der Waals surface area (Å²) in [6.07, 6.45) is -0.731. The Kier molecular flexibility index (Phi) is 9.41. The maximum Gasteiger partial charge on any atom is 0.407 e. The smallest absolute Gasteiger partial charge is 0.407 e. The molecule has 11 nitrogen and oxygen atoms in total. The van der Waals surface area contributed by atoms with Gasteiger partial charge in [0.25, 0.3) is 0 Å². The van der Waals surface area contributed by atoms with Gasteiger partial charge >= 0.3 is 12.0 Å². The van der Waals surface area contributed by atoms with Gasteiger partial charge in [0.1, 0.15) is 24.7 Å². The maximum atomic E-state index is 12.8. The van der Waals surface area contributed by atoms with Crippen LogP contribution in [0.25, 0.3) is 0 Å². The summed E-state index contributed by atoms with van der Waals surface area (Å²) in [4.78, 5) is 65.7. The second-order valence-corrected chi connectivity index (χ2v) is 9.40. The topological polar surface area (TPSA) is 152 Å². The Hall–Kier alpha value is -2.69. The van der Waals surface area contributed by atoms with Crippen molar-refractivity contribution in [3.63, 3.8) is 0 Å². The van der Waals surface area contributed by atoms with Gasteiger partial charge in [-0.2, -0.15) is 0 Å². The second-order valence-electron chi connectivity index (χ2n) is 9.40. The van der Waals surface area contributed by atoms with Crippen molar-refractivity contribution < 1.29 is 33.5 Å². The van der Waals surface area contributed by atoms with E-state index in [1.807, 2.05) is 26.3 Å². The van der Waals surface area contributed by atoms with Crippen molar-refractivity contribution in [2.24, 2.45) is 17.3 Å². The van der Waals surface area contributed by atoms with Gasteiger partial charge in [0.15, 0.2) is 0 Å². The first-order valence-electron chi connectivity index (χ1n) is 10.2. The Labute approximate surface area is 182 Å². The van der Waals surface area contributed by atoms with E-state index >= 15 is 0 Å². The maximum absolute atomic E-state index is 12.8. The van der Waals surface area contributed by atoms with E-state index in [0.29, 0.717) is 0 Å². The zero-order chi connectivity index (χ0) is 23.9. The molecule has 0 bridgehead atoms. The molecule has 1 rings (SSSR count). The molecule has 0 spiro atoms. The van der Waals surface area contributed by atoms with Gasteiger partial charge < -0.3 is 20.7 Å². The Morgan fingerprint density at radius 2 is 1.58 bits per heavy atom. The lowest BCUT2D eigenvalue weighted by Gasteiger charge is -2.29. The van der Waals surface area contributed by atoms with Crippen LogP contribution in [-0.4, -0.2) is 60.9 Å². The van der Waals surface area contributed by atoms with Crippen LogP contribution in [0.5, 0.6) is 0 Å². The van der Waals surface area contributed by atoms with Gasteiger partial charge in [-0.1, -0.05) is 48.5 Å². The van der Waals surface area contributed by atoms with Crippen molar-refractivity contribution in [1.82, 2.24) is 21.4 Å². The van der Waals surface area contributed by atoms with Crippen LogP contribution in [0.1, 0.15) is 48.5 Å². The molecule has 1 fully saturated rings. The van der Waals surface area contributed by atoms with Gasteiger partial charge in [-0.3, -0.25) is 24.0 Å². The lowest BCUT2D eigenvalue weighted by atomic mass is 9.98. The molecular weight excluding hydrogens is 408 g/mol. The fourth-order valence-electron chi connectivity index (χ4n) is 2.61. The summed E-state index contributed by atoms with van der Waals surface area (Å²) >= 11 is 0. The Balaban J connectivity index is 2.80. The first kappa shape index (κ1) is 26.3. The Bertz CT molecular complexity index is 700. The second kappa shape index (κ2) is 11.1. The summed E-state index contributed by atoms with van der Waals surface area (Å²) in [5.74, 6) is -3.62. The number of carbonyl (C=O) groups is 5. The van der Waals surface area contributed by atoms with Gasteiger partial charge in [0, 0.05) is 0 Å². The zero-order valence-electron chi connectivity index (χ0n) is 19.2. The fourth-order valence-corrected chi connectivity index (χ4v) is 2.61. The van der Waals surface area contributed by atoms with Gasteiger partial charge in [-0.05, 0) is 17.3 Å². The van der Waals surface area contributed by atoms with E-state index in [4.69, 9.17) is 9.57 Å². The largest absolute Gasteiger partial charge is 0.449 e. The molecule has 1 heterocycles. The van der Waals surface area contributed by atoms with Crippen LogP contribution >= 0.6 is 0 Å². The van der Waals surface area contributed by atoms with Crippen LogP contribution in [0.3, 0.4) is 0 Å². The van der Waals surface area contributed by atoms with E-state index in [1.54, 1.807) is 27.7 Å². The van der Waals surface area contributed by atoms with Crippen LogP contribution in [0.15, 0.2) is 0 Å². The van der Waals surface area contributed by atoms with Gasteiger partial charge in [-0.25, -0.2) is 10.3 Å². The van der Waals surface area contributed by atoms with Crippen LogP contribution in [0.2, 0.25) is 0 Å². The average Bonchev–Trinajstić information content (AvgIpc) is 2.64. The Morgan fingerprint density at radius 1 is 1.03 bits per heavy atom. The van der Waals surface area contributed by atoms with Crippen molar-refractivity contribution in [3.8, 4) is 0 Å². The number of nitrogens with one attached hydrogen (secondary N) is 4. The molecule has 0 saturated carbocycles. The number of ether oxygens (including phenoxy) is 1. The molecule has 4 N–H and O–H groups in total. The number of amides is 4. The lowest BCUT2D eigenvalue weighted by Crippen LogP contribution is -2.61. The minimum atomic E-state index is -1.15. The first-order valence-corrected chi connectivity index (χ1v) is 10.2. The van der Waals surface area contributed by atoms with E-state index in [-0.39, 0.29) is 30.5 Å². The molecule has 3 unspecified atom stereocenters. The SMILES string of the molecule is CC(C)C(NC(=O)OCC(C)(C)C)C(=O)NC(C(=O)NC1CONC(=O)C1=O)C(C)C. The zero-order valence-corrected chi connectivity index (χ0v) is 19.2. The van der Waals surface area contributed by atoms with Crippen molar-refractivity contribution in [2.45, 2.75) is 66.6 Å². The van der Waals surface area contributed by atoms with E-state index in [2.05, 4.69) is 16.0 Å². The molecule has 31 heavy (non-hydrogen) atoms. The Morgan fingerprint density at radius 3 is 2.10 bits per heavy atom. The van der Waals surface area contributed by atoms with Crippen molar-refractivity contribution >= 4 is 29.6 Å².